The van der Waals surface area contributed by atoms with Crippen molar-refractivity contribution in [2.24, 2.45) is 4.99 Å². The molecule has 1 fully saturated rings. The summed E-state index contributed by atoms with van der Waals surface area (Å²) in [6.45, 7) is 2.16. The van der Waals surface area contributed by atoms with Crippen LogP contribution in [0.15, 0.2) is 47.5 Å². The largest absolute Gasteiger partial charge is 0.494 e. The SMILES string of the molecule is COc1ccc(C)cc1N=C1SCCCN1C(=O)COc1ccccc1[N+](=O)[O-]. The summed E-state index contributed by atoms with van der Waals surface area (Å²) in [6.07, 6.45) is 0.825. The lowest BCUT2D eigenvalue weighted by molar-refractivity contribution is -0.385. The van der Waals surface area contributed by atoms with Crippen LogP contribution in [0.4, 0.5) is 11.4 Å². The molecule has 1 heterocycles. The molecule has 8 nitrogen and oxygen atoms in total. The second-order valence-electron chi connectivity index (χ2n) is 6.33. The topological polar surface area (TPSA) is 94.3 Å². The molecule has 1 aliphatic rings. The zero-order chi connectivity index (χ0) is 20.8. The van der Waals surface area contributed by atoms with Crippen LogP contribution in [0.3, 0.4) is 0 Å². The number of ether oxygens (including phenoxy) is 2. The average molecular weight is 415 g/mol. The van der Waals surface area contributed by atoms with Crippen LogP contribution in [0.1, 0.15) is 12.0 Å². The van der Waals surface area contributed by atoms with Gasteiger partial charge in [0.1, 0.15) is 11.4 Å². The highest BCUT2D eigenvalue weighted by Gasteiger charge is 2.25. The normalized spacial score (nSPS) is 15.2. The van der Waals surface area contributed by atoms with Gasteiger partial charge in [-0.2, -0.15) is 0 Å². The Morgan fingerprint density at radius 2 is 2.07 bits per heavy atom. The monoisotopic (exact) mass is 415 g/mol. The Labute approximate surface area is 172 Å². The number of nitrogens with zero attached hydrogens (tertiary/aromatic N) is 3. The first-order valence-corrected chi connectivity index (χ1v) is 10.0. The van der Waals surface area contributed by atoms with E-state index in [1.807, 2.05) is 25.1 Å². The quantitative estimate of drug-likeness (QED) is 0.524. The van der Waals surface area contributed by atoms with Crippen LogP contribution in [0.25, 0.3) is 0 Å². The number of thioether (sulfide) groups is 1. The number of nitro benzene ring substituents is 1. The minimum Gasteiger partial charge on any atom is -0.494 e. The Balaban J connectivity index is 1.79. The second kappa shape index (κ2) is 9.42. The Kier molecular flexibility index (Phi) is 6.71. The predicted molar refractivity (Wildman–Crippen MR) is 112 cm³/mol. The predicted octanol–water partition coefficient (Wildman–Crippen LogP) is 3.94. The number of rotatable bonds is 6. The molecule has 0 unspecified atom stereocenters. The van der Waals surface area contributed by atoms with Crippen LogP contribution in [-0.2, 0) is 4.79 Å². The number of carbonyl (C=O) groups excluding carboxylic acids is 1. The van der Waals surface area contributed by atoms with Gasteiger partial charge in [0.15, 0.2) is 17.5 Å². The van der Waals surface area contributed by atoms with E-state index >= 15 is 0 Å². The van der Waals surface area contributed by atoms with Crippen molar-refractivity contribution in [1.29, 1.82) is 0 Å². The van der Waals surface area contributed by atoms with Crippen LogP contribution in [0.5, 0.6) is 11.5 Å². The number of hydrogen-bond acceptors (Lipinski definition) is 7. The summed E-state index contributed by atoms with van der Waals surface area (Å²) >= 11 is 1.48. The standard InChI is InChI=1S/C20H21N3O5S/c1-14-8-9-17(27-2)15(12-14)21-20-22(10-5-11-29-20)19(24)13-28-18-7-4-3-6-16(18)23(25)26/h3-4,6-9,12H,5,10-11,13H2,1-2H3. The molecule has 9 heteroatoms. The lowest BCUT2D eigenvalue weighted by atomic mass is 10.2. The molecule has 1 aliphatic heterocycles. The molecule has 0 aromatic heterocycles. The van der Waals surface area contributed by atoms with Gasteiger partial charge in [-0.3, -0.25) is 19.8 Å². The maximum Gasteiger partial charge on any atom is 0.310 e. The molecular formula is C20H21N3O5S. The number of benzene rings is 2. The lowest BCUT2D eigenvalue weighted by Gasteiger charge is -2.27. The van der Waals surface area contributed by atoms with Gasteiger partial charge in [-0.25, -0.2) is 4.99 Å². The molecule has 2 aromatic rings. The number of para-hydroxylation sites is 2. The summed E-state index contributed by atoms with van der Waals surface area (Å²) in [5.74, 6) is 1.23. The van der Waals surface area contributed by atoms with Crippen molar-refractivity contribution in [2.45, 2.75) is 13.3 Å². The van der Waals surface area contributed by atoms with E-state index in [0.29, 0.717) is 23.1 Å². The molecule has 0 radical (unpaired) electrons. The van der Waals surface area contributed by atoms with Crippen LogP contribution in [0.2, 0.25) is 0 Å². The summed E-state index contributed by atoms with van der Waals surface area (Å²) in [6, 6.07) is 11.7. The van der Waals surface area contributed by atoms with Crippen LogP contribution >= 0.6 is 11.8 Å². The molecule has 29 heavy (non-hydrogen) atoms. The molecule has 0 aliphatic carbocycles. The molecule has 0 spiro atoms. The summed E-state index contributed by atoms with van der Waals surface area (Å²) in [5, 5.41) is 11.7. The van der Waals surface area contributed by atoms with Gasteiger partial charge < -0.3 is 9.47 Å². The van der Waals surface area contributed by atoms with E-state index in [9.17, 15) is 14.9 Å². The average Bonchev–Trinajstić information content (AvgIpc) is 2.72. The number of carbonyl (C=O) groups is 1. The smallest absolute Gasteiger partial charge is 0.310 e. The van der Waals surface area contributed by atoms with E-state index in [0.717, 1.165) is 17.7 Å². The number of amidine groups is 1. The van der Waals surface area contributed by atoms with E-state index < -0.39 is 4.92 Å². The number of aryl methyl sites for hydroxylation is 1. The molecule has 0 atom stereocenters. The van der Waals surface area contributed by atoms with Gasteiger partial charge in [0.25, 0.3) is 5.91 Å². The Morgan fingerprint density at radius 1 is 1.28 bits per heavy atom. The van der Waals surface area contributed by atoms with Gasteiger partial charge in [0.2, 0.25) is 0 Å². The highest BCUT2D eigenvalue weighted by atomic mass is 32.2. The zero-order valence-corrected chi connectivity index (χ0v) is 17.0. The summed E-state index contributed by atoms with van der Waals surface area (Å²) in [5.41, 5.74) is 1.50. The van der Waals surface area contributed by atoms with Crippen LogP contribution in [-0.4, -0.2) is 46.9 Å². The fourth-order valence-electron chi connectivity index (χ4n) is 2.82. The van der Waals surface area contributed by atoms with E-state index in [1.54, 1.807) is 24.1 Å². The molecule has 0 N–H and O–H groups in total. The highest BCUT2D eigenvalue weighted by molar-refractivity contribution is 8.13. The van der Waals surface area contributed by atoms with Gasteiger partial charge in [0, 0.05) is 18.4 Å². The summed E-state index contributed by atoms with van der Waals surface area (Å²) < 4.78 is 10.8. The molecule has 1 saturated heterocycles. The number of nitro groups is 1. The van der Waals surface area contributed by atoms with E-state index in [-0.39, 0.29) is 24.0 Å². The first-order valence-electron chi connectivity index (χ1n) is 9.02. The Hall–Kier alpha value is -3.07. The van der Waals surface area contributed by atoms with Crippen molar-refractivity contribution in [2.75, 3.05) is 26.0 Å². The molecule has 0 saturated carbocycles. The fourth-order valence-corrected chi connectivity index (χ4v) is 3.79. The minimum atomic E-state index is -0.534. The van der Waals surface area contributed by atoms with Crippen molar-refractivity contribution >= 4 is 34.2 Å². The number of aliphatic imine (C=N–C) groups is 1. The first-order chi connectivity index (χ1) is 14.0. The van der Waals surface area contributed by atoms with Crippen molar-refractivity contribution in [3.63, 3.8) is 0 Å². The molecule has 1 amide bonds. The molecular weight excluding hydrogens is 394 g/mol. The van der Waals surface area contributed by atoms with Crippen molar-refractivity contribution < 1.29 is 19.2 Å². The summed E-state index contributed by atoms with van der Waals surface area (Å²) in [7, 11) is 1.58. The second-order valence-corrected chi connectivity index (χ2v) is 7.39. The van der Waals surface area contributed by atoms with E-state index in [2.05, 4.69) is 4.99 Å². The van der Waals surface area contributed by atoms with Crippen molar-refractivity contribution in [3.8, 4) is 11.5 Å². The fraction of sp³-hybridized carbons (Fsp3) is 0.300. The Bertz CT molecular complexity index is 947. The highest BCUT2D eigenvalue weighted by Crippen LogP contribution is 2.31. The minimum absolute atomic E-state index is 0.0642. The number of hydrogen-bond donors (Lipinski definition) is 0. The van der Waals surface area contributed by atoms with Crippen molar-refractivity contribution in [3.05, 3.63) is 58.1 Å². The number of methoxy groups -OCH3 is 1. The lowest BCUT2D eigenvalue weighted by Crippen LogP contribution is -2.41. The third-order valence-electron chi connectivity index (χ3n) is 4.25. The van der Waals surface area contributed by atoms with Crippen LogP contribution < -0.4 is 9.47 Å². The van der Waals surface area contributed by atoms with Gasteiger partial charge in [-0.05, 0) is 37.1 Å². The molecule has 152 valence electrons. The van der Waals surface area contributed by atoms with Gasteiger partial charge in [0.05, 0.1) is 12.0 Å². The summed E-state index contributed by atoms with van der Waals surface area (Å²) in [4.78, 5) is 29.6. The zero-order valence-electron chi connectivity index (χ0n) is 16.2. The van der Waals surface area contributed by atoms with E-state index in [1.165, 1.54) is 23.9 Å². The third-order valence-corrected chi connectivity index (χ3v) is 5.32. The maximum atomic E-state index is 12.8. The first kappa shape index (κ1) is 20.7. The van der Waals surface area contributed by atoms with E-state index in [4.69, 9.17) is 9.47 Å². The Morgan fingerprint density at radius 3 is 2.83 bits per heavy atom. The maximum absolute atomic E-state index is 12.8. The van der Waals surface area contributed by atoms with Crippen LogP contribution in [0, 0.1) is 17.0 Å². The van der Waals surface area contributed by atoms with Crippen molar-refractivity contribution in [1.82, 2.24) is 4.90 Å². The third kappa shape index (κ3) is 5.05. The number of amides is 1. The van der Waals surface area contributed by atoms with Gasteiger partial charge in [-0.15, -0.1) is 0 Å². The molecule has 0 bridgehead atoms. The molecule has 3 rings (SSSR count). The molecule has 2 aromatic carbocycles. The van der Waals surface area contributed by atoms with Gasteiger partial charge >= 0.3 is 5.69 Å². The van der Waals surface area contributed by atoms with Gasteiger partial charge in [-0.1, -0.05) is 30.0 Å².